The molecule has 2 aromatic carbocycles. The number of methoxy groups -OCH3 is 1. The molecule has 0 atom stereocenters. The first-order valence-electron chi connectivity index (χ1n) is 9.30. The Hall–Kier alpha value is -1.85. The van der Waals surface area contributed by atoms with E-state index in [9.17, 15) is 16.8 Å². The fraction of sp³-hybridized carbons (Fsp3) is 0.368. The van der Waals surface area contributed by atoms with Crippen molar-refractivity contribution in [1.82, 2.24) is 9.03 Å². The van der Waals surface area contributed by atoms with Crippen molar-refractivity contribution >= 4 is 31.6 Å². The van der Waals surface area contributed by atoms with Crippen LogP contribution >= 0.6 is 11.6 Å². The van der Waals surface area contributed by atoms with E-state index in [4.69, 9.17) is 21.1 Å². The van der Waals surface area contributed by atoms with Gasteiger partial charge in [-0.25, -0.2) is 21.6 Å². The molecule has 1 fully saturated rings. The number of halogens is 1. The summed E-state index contributed by atoms with van der Waals surface area (Å²) in [6.45, 7) is 1.14. The third-order valence-corrected chi connectivity index (χ3v) is 8.23. The Labute approximate surface area is 181 Å². The Kier molecular flexibility index (Phi) is 7.25. The minimum Gasteiger partial charge on any atom is -0.495 e. The number of benzene rings is 2. The van der Waals surface area contributed by atoms with Crippen molar-refractivity contribution in [3.63, 3.8) is 0 Å². The Bertz CT molecular complexity index is 1080. The molecule has 0 bridgehead atoms. The molecule has 30 heavy (non-hydrogen) atoms. The summed E-state index contributed by atoms with van der Waals surface area (Å²) >= 11 is 5.89. The van der Waals surface area contributed by atoms with Gasteiger partial charge in [-0.1, -0.05) is 11.6 Å². The van der Waals surface area contributed by atoms with Crippen molar-refractivity contribution in [2.45, 2.75) is 22.6 Å². The molecular weight excluding hydrogens is 452 g/mol. The smallest absolute Gasteiger partial charge is 0.244 e. The maximum absolute atomic E-state index is 12.5. The summed E-state index contributed by atoms with van der Waals surface area (Å²) in [4.78, 5) is 0.152. The Morgan fingerprint density at radius 3 is 2.33 bits per heavy atom. The van der Waals surface area contributed by atoms with Gasteiger partial charge in [-0.2, -0.15) is 4.31 Å². The van der Waals surface area contributed by atoms with Gasteiger partial charge in [0.1, 0.15) is 23.0 Å². The molecule has 0 aromatic heterocycles. The van der Waals surface area contributed by atoms with Crippen molar-refractivity contribution in [2.24, 2.45) is 0 Å². The predicted octanol–water partition coefficient (Wildman–Crippen LogP) is 2.49. The van der Waals surface area contributed by atoms with Crippen LogP contribution in [0.5, 0.6) is 11.5 Å². The maximum Gasteiger partial charge on any atom is 0.244 e. The predicted molar refractivity (Wildman–Crippen MR) is 113 cm³/mol. The van der Waals surface area contributed by atoms with Crippen LogP contribution < -0.4 is 14.2 Å². The lowest BCUT2D eigenvalue weighted by atomic mass is 10.3. The fourth-order valence-electron chi connectivity index (χ4n) is 3.07. The summed E-state index contributed by atoms with van der Waals surface area (Å²) in [6, 6.07) is 10.4. The Morgan fingerprint density at radius 2 is 1.70 bits per heavy atom. The van der Waals surface area contributed by atoms with Crippen LogP contribution in [0.15, 0.2) is 52.3 Å². The Balaban J connectivity index is 1.56. The largest absolute Gasteiger partial charge is 0.495 e. The van der Waals surface area contributed by atoms with Gasteiger partial charge in [0.25, 0.3) is 0 Å². The molecule has 1 saturated heterocycles. The topological polar surface area (TPSA) is 102 Å². The van der Waals surface area contributed by atoms with Gasteiger partial charge in [0.2, 0.25) is 20.0 Å². The molecule has 1 heterocycles. The second-order valence-corrected chi connectivity index (χ2v) is 10.7. The lowest BCUT2D eigenvalue weighted by Gasteiger charge is -2.15. The number of hydrogen-bond donors (Lipinski definition) is 1. The van der Waals surface area contributed by atoms with Crippen LogP contribution in [0.4, 0.5) is 0 Å². The van der Waals surface area contributed by atoms with E-state index in [-0.39, 0.29) is 33.7 Å². The SMILES string of the molecule is COc1ccc(Cl)cc1S(=O)(=O)NCCOc1ccc(S(=O)(=O)N2CCCC2)cc1. The zero-order valence-electron chi connectivity index (χ0n) is 16.4. The van der Waals surface area contributed by atoms with Gasteiger partial charge < -0.3 is 9.47 Å². The van der Waals surface area contributed by atoms with E-state index < -0.39 is 20.0 Å². The molecule has 3 rings (SSSR count). The van der Waals surface area contributed by atoms with Gasteiger partial charge >= 0.3 is 0 Å². The molecule has 1 N–H and O–H groups in total. The summed E-state index contributed by atoms with van der Waals surface area (Å²) in [5.41, 5.74) is 0. The average molecular weight is 475 g/mol. The van der Waals surface area contributed by atoms with Crippen LogP contribution in [0.3, 0.4) is 0 Å². The quantitative estimate of drug-likeness (QED) is 0.560. The molecule has 1 aliphatic heterocycles. The van der Waals surface area contributed by atoms with Gasteiger partial charge in [0, 0.05) is 24.7 Å². The zero-order chi connectivity index (χ0) is 21.8. The molecule has 164 valence electrons. The van der Waals surface area contributed by atoms with Crippen LogP contribution in [0.1, 0.15) is 12.8 Å². The highest BCUT2D eigenvalue weighted by molar-refractivity contribution is 7.89. The lowest BCUT2D eigenvalue weighted by Crippen LogP contribution is -2.28. The van der Waals surface area contributed by atoms with Crippen molar-refractivity contribution in [1.29, 1.82) is 0 Å². The van der Waals surface area contributed by atoms with Gasteiger partial charge in [0.05, 0.1) is 12.0 Å². The minimum absolute atomic E-state index is 0.00578. The first-order chi connectivity index (χ1) is 14.2. The van der Waals surface area contributed by atoms with Crippen molar-refractivity contribution in [3.05, 3.63) is 47.5 Å². The second kappa shape index (κ2) is 9.52. The zero-order valence-corrected chi connectivity index (χ0v) is 18.8. The third kappa shape index (κ3) is 5.25. The standard InChI is InChI=1S/C19H23ClN2O6S2/c1-27-18-9-4-15(20)14-19(18)29(23,24)21-10-13-28-16-5-7-17(8-6-16)30(25,26)22-11-2-3-12-22/h4-9,14,21H,2-3,10-13H2,1H3. The highest BCUT2D eigenvalue weighted by Crippen LogP contribution is 2.27. The van der Waals surface area contributed by atoms with E-state index in [2.05, 4.69) is 4.72 Å². The summed E-state index contributed by atoms with van der Waals surface area (Å²) in [6.07, 6.45) is 1.74. The molecule has 1 aliphatic rings. The second-order valence-electron chi connectivity index (χ2n) is 6.62. The molecule has 0 saturated carbocycles. The van der Waals surface area contributed by atoms with Gasteiger partial charge in [-0.05, 0) is 55.3 Å². The third-order valence-electron chi connectivity index (χ3n) is 4.60. The molecule has 2 aromatic rings. The van der Waals surface area contributed by atoms with E-state index in [0.717, 1.165) is 12.8 Å². The summed E-state index contributed by atoms with van der Waals surface area (Å²) in [5.74, 6) is 0.623. The van der Waals surface area contributed by atoms with Gasteiger partial charge in [-0.15, -0.1) is 0 Å². The van der Waals surface area contributed by atoms with Crippen molar-refractivity contribution < 1.29 is 26.3 Å². The lowest BCUT2D eigenvalue weighted by molar-refractivity contribution is 0.322. The molecule has 0 radical (unpaired) electrons. The van der Waals surface area contributed by atoms with Crippen LogP contribution in [-0.4, -0.2) is 54.5 Å². The number of nitrogens with one attached hydrogen (secondary N) is 1. The highest BCUT2D eigenvalue weighted by atomic mass is 35.5. The van der Waals surface area contributed by atoms with Gasteiger partial charge in [-0.3, -0.25) is 0 Å². The normalized spacial score (nSPS) is 15.3. The van der Waals surface area contributed by atoms with Crippen molar-refractivity contribution in [3.8, 4) is 11.5 Å². The van der Waals surface area contributed by atoms with Crippen LogP contribution in [0.25, 0.3) is 0 Å². The van der Waals surface area contributed by atoms with E-state index in [1.165, 1.54) is 41.7 Å². The first kappa shape index (κ1) is 22.8. The van der Waals surface area contributed by atoms with Crippen LogP contribution in [-0.2, 0) is 20.0 Å². The molecule has 0 spiro atoms. The highest BCUT2D eigenvalue weighted by Gasteiger charge is 2.27. The summed E-state index contributed by atoms with van der Waals surface area (Å²) in [7, 11) is -5.94. The molecular formula is C19H23ClN2O6S2. The number of rotatable bonds is 9. The van der Waals surface area contributed by atoms with E-state index >= 15 is 0 Å². The van der Waals surface area contributed by atoms with E-state index in [1.54, 1.807) is 12.1 Å². The molecule has 0 aliphatic carbocycles. The number of hydrogen-bond acceptors (Lipinski definition) is 6. The first-order valence-corrected chi connectivity index (χ1v) is 12.6. The van der Waals surface area contributed by atoms with Crippen LogP contribution in [0.2, 0.25) is 5.02 Å². The fourth-order valence-corrected chi connectivity index (χ4v) is 6.03. The van der Waals surface area contributed by atoms with E-state index in [1.807, 2.05) is 0 Å². The Morgan fingerprint density at radius 1 is 1.03 bits per heavy atom. The molecule has 0 unspecified atom stereocenters. The number of sulfonamides is 2. The molecule has 11 heteroatoms. The minimum atomic E-state index is -3.84. The van der Waals surface area contributed by atoms with Crippen molar-refractivity contribution in [2.75, 3.05) is 33.4 Å². The summed E-state index contributed by atoms with van der Waals surface area (Å²) < 4.78 is 64.5. The summed E-state index contributed by atoms with van der Waals surface area (Å²) in [5, 5.41) is 0.274. The molecule has 8 nitrogen and oxygen atoms in total. The van der Waals surface area contributed by atoms with E-state index in [0.29, 0.717) is 18.8 Å². The number of ether oxygens (including phenoxy) is 2. The molecule has 0 amide bonds. The van der Waals surface area contributed by atoms with Crippen LogP contribution in [0, 0.1) is 0 Å². The van der Waals surface area contributed by atoms with Gasteiger partial charge in [0.15, 0.2) is 0 Å². The number of nitrogens with zero attached hydrogens (tertiary/aromatic N) is 1. The average Bonchev–Trinajstić information content (AvgIpc) is 3.27. The monoisotopic (exact) mass is 474 g/mol. The maximum atomic E-state index is 12.5.